The average Bonchev–Trinajstić information content (AvgIpc) is 1.78. The molecule has 0 aromatic rings. The van der Waals surface area contributed by atoms with Gasteiger partial charge in [-0.05, 0) is 0 Å². The minimum Gasteiger partial charge on any atom is -0.481 e. The summed E-state index contributed by atoms with van der Waals surface area (Å²) < 4.78 is 27.0. The summed E-state index contributed by atoms with van der Waals surface area (Å²) in [4.78, 5) is 10.1. The Morgan fingerprint density at radius 2 is 2.08 bits per heavy atom. The first kappa shape index (κ1) is 9.47. The van der Waals surface area contributed by atoms with Crippen LogP contribution in [0.25, 0.3) is 0 Å². The number of carboxylic acids is 1. The van der Waals surface area contributed by atoms with Crippen molar-refractivity contribution >= 4 is 15.8 Å². The molecule has 1 N–H and O–H groups in total. The van der Waals surface area contributed by atoms with Crippen LogP contribution >= 0.6 is 0 Å². The molecule has 1 fully saturated rings. The minimum absolute atomic E-state index is 0.210. The molecule has 70 valence electrons. The van der Waals surface area contributed by atoms with Crippen LogP contribution < -0.4 is 0 Å². The summed E-state index contributed by atoms with van der Waals surface area (Å²) in [6.07, 6.45) is -0.321. The van der Waals surface area contributed by atoms with E-state index in [9.17, 15) is 13.2 Å². The SMILES string of the molecule is O=C(O)CCS(=O)(=O)C1COC1. The van der Waals surface area contributed by atoms with Gasteiger partial charge in [-0.3, -0.25) is 4.79 Å². The van der Waals surface area contributed by atoms with Crippen molar-refractivity contribution in [2.24, 2.45) is 0 Å². The molecule has 5 nitrogen and oxygen atoms in total. The van der Waals surface area contributed by atoms with E-state index < -0.39 is 21.1 Å². The fourth-order valence-corrected chi connectivity index (χ4v) is 2.22. The maximum absolute atomic E-state index is 11.2. The first-order chi connectivity index (χ1) is 5.52. The molecule has 1 heterocycles. The average molecular weight is 194 g/mol. The zero-order valence-corrected chi connectivity index (χ0v) is 7.21. The summed E-state index contributed by atoms with van der Waals surface area (Å²) in [5, 5.41) is 7.78. The number of hydrogen-bond donors (Lipinski definition) is 1. The minimum atomic E-state index is -3.22. The van der Waals surface area contributed by atoms with Crippen molar-refractivity contribution in [3.8, 4) is 0 Å². The van der Waals surface area contributed by atoms with Crippen molar-refractivity contribution in [2.45, 2.75) is 11.7 Å². The number of aliphatic carboxylic acids is 1. The summed E-state index contributed by atoms with van der Waals surface area (Å²) in [5.74, 6) is -1.37. The molecule has 0 bridgehead atoms. The number of carboxylic acid groups (broad SMARTS) is 1. The summed E-state index contributed by atoms with van der Waals surface area (Å²) in [7, 11) is -3.22. The quantitative estimate of drug-likeness (QED) is 0.638. The Hall–Kier alpha value is -0.620. The Morgan fingerprint density at radius 3 is 2.42 bits per heavy atom. The van der Waals surface area contributed by atoms with E-state index in [1.165, 1.54) is 0 Å². The molecule has 6 heteroatoms. The fraction of sp³-hybridized carbons (Fsp3) is 0.833. The molecule has 0 unspecified atom stereocenters. The Bertz CT molecular complexity index is 264. The van der Waals surface area contributed by atoms with Gasteiger partial charge in [0.25, 0.3) is 0 Å². The van der Waals surface area contributed by atoms with Crippen LogP contribution in [-0.2, 0) is 19.4 Å². The molecular weight excluding hydrogens is 184 g/mol. The molecule has 1 aliphatic heterocycles. The Kier molecular flexibility index (Phi) is 2.69. The van der Waals surface area contributed by atoms with Gasteiger partial charge in [0.15, 0.2) is 9.84 Å². The monoisotopic (exact) mass is 194 g/mol. The Balaban J connectivity index is 2.43. The van der Waals surface area contributed by atoms with E-state index >= 15 is 0 Å². The van der Waals surface area contributed by atoms with Crippen molar-refractivity contribution in [2.75, 3.05) is 19.0 Å². The van der Waals surface area contributed by atoms with E-state index in [1.807, 2.05) is 0 Å². The van der Waals surface area contributed by atoms with Crippen LogP contribution in [0.2, 0.25) is 0 Å². The third-order valence-corrected chi connectivity index (χ3v) is 3.78. The highest BCUT2D eigenvalue weighted by molar-refractivity contribution is 7.92. The standard InChI is InChI=1S/C6H10O5S/c7-6(8)1-2-12(9,10)5-3-11-4-5/h5H,1-4H2,(H,7,8). The molecule has 0 aromatic carbocycles. The lowest BCUT2D eigenvalue weighted by molar-refractivity contribution is -0.136. The van der Waals surface area contributed by atoms with Gasteiger partial charge in [0.05, 0.1) is 25.4 Å². The number of carbonyl (C=O) groups is 1. The lowest BCUT2D eigenvalue weighted by Crippen LogP contribution is -2.42. The van der Waals surface area contributed by atoms with Gasteiger partial charge in [-0.15, -0.1) is 0 Å². The number of sulfone groups is 1. The van der Waals surface area contributed by atoms with Crippen LogP contribution in [0.15, 0.2) is 0 Å². The lowest BCUT2D eigenvalue weighted by Gasteiger charge is -2.25. The lowest BCUT2D eigenvalue weighted by atomic mass is 10.4. The highest BCUT2D eigenvalue weighted by Gasteiger charge is 2.32. The van der Waals surface area contributed by atoms with E-state index in [4.69, 9.17) is 9.84 Å². The van der Waals surface area contributed by atoms with Gasteiger partial charge < -0.3 is 9.84 Å². The van der Waals surface area contributed by atoms with Crippen molar-refractivity contribution in [1.82, 2.24) is 0 Å². The summed E-state index contributed by atoms with van der Waals surface area (Å²) in [5.41, 5.74) is 0. The second-order valence-corrected chi connectivity index (χ2v) is 5.07. The second kappa shape index (κ2) is 3.40. The molecule has 0 aliphatic carbocycles. The number of ether oxygens (including phenoxy) is 1. The predicted octanol–water partition coefficient (Wildman–Crippen LogP) is -0.725. The van der Waals surface area contributed by atoms with Gasteiger partial charge in [-0.1, -0.05) is 0 Å². The fourth-order valence-electron chi connectivity index (χ4n) is 0.818. The van der Waals surface area contributed by atoms with Crippen molar-refractivity contribution < 1.29 is 23.1 Å². The first-order valence-electron chi connectivity index (χ1n) is 3.53. The Morgan fingerprint density at radius 1 is 1.50 bits per heavy atom. The van der Waals surface area contributed by atoms with Gasteiger partial charge >= 0.3 is 5.97 Å². The molecule has 0 amide bonds. The molecule has 0 spiro atoms. The zero-order chi connectivity index (χ0) is 9.19. The van der Waals surface area contributed by atoms with Gasteiger partial charge in [-0.25, -0.2) is 8.42 Å². The molecule has 1 aliphatic rings. The van der Waals surface area contributed by atoms with E-state index in [0.29, 0.717) is 0 Å². The molecule has 0 atom stereocenters. The molecule has 12 heavy (non-hydrogen) atoms. The third kappa shape index (κ3) is 2.18. The van der Waals surface area contributed by atoms with Crippen LogP contribution in [0.3, 0.4) is 0 Å². The maximum atomic E-state index is 11.2. The van der Waals surface area contributed by atoms with Gasteiger partial charge in [0.2, 0.25) is 0 Å². The van der Waals surface area contributed by atoms with Crippen LogP contribution in [0, 0.1) is 0 Å². The van der Waals surface area contributed by atoms with Crippen LogP contribution in [0.4, 0.5) is 0 Å². The van der Waals surface area contributed by atoms with Gasteiger partial charge in [0, 0.05) is 0 Å². The molecule has 1 rings (SSSR count). The normalized spacial score (nSPS) is 18.7. The summed E-state index contributed by atoms with van der Waals surface area (Å²) in [6.45, 7) is 0.421. The third-order valence-electron chi connectivity index (χ3n) is 1.72. The van der Waals surface area contributed by atoms with E-state index in [1.54, 1.807) is 0 Å². The van der Waals surface area contributed by atoms with Gasteiger partial charge in [0.1, 0.15) is 5.25 Å². The van der Waals surface area contributed by atoms with Crippen LogP contribution in [0.1, 0.15) is 6.42 Å². The summed E-state index contributed by atoms with van der Waals surface area (Å²) in [6, 6.07) is 0. The van der Waals surface area contributed by atoms with E-state index in [-0.39, 0.29) is 25.4 Å². The van der Waals surface area contributed by atoms with Crippen LogP contribution in [0.5, 0.6) is 0 Å². The maximum Gasteiger partial charge on any atom is 0.304 e. The molecule has 1 saturated heterocycles. The molecule has 0 radical (unpaired) electrons. The summed E-state index contributed by atoms with van der Waals surface area (Å²) >= 11 is 0. The molecule has 0 saturated carbocycles. The zero-order valence-electron chi connectivity index (χ0n) is 6.39. The first-order valence-corrected chi connectivity index (χ1v) is 5.25. The van der Waals surface area contributed by atoms with Gasteiger partial charge in [-0.2, -0.15) is 0 Å². The van der Waals surface area contributed by atoms with E-state index in [0.717, 1.165) is 0 Å². The largest absolute Gasteiger partial charge is 0.481 e. The van der Waals surface area contributed by atoms with Crippen LogP contribution in [-0.4, -0.2) is 43.7 Å². The van der Waals surface area contributed by atoms with Crippen molar-refractivity contribution in [3.05, 3.63) is 0 Å². The predicted molar refractivity (Wildman–Crippen MR) is 40.6 cm³/mol. The highest BCUT2D eigenvalue weighted by Crippen LogP contribution is 2.13. The Labute approximate surface area is 70.3 Å². The topological polar surface area (TPSA) is 80.7 Å². The number of hydrogen-bond acceptors (Lipinski definition) is 4. The van der Waals surface area contributed by atoms with Crippen molar-refractivity contribution in [1.29, 1.82) is 0 Å². The van der Waals surface area contributed by atoms with E-state index in [2.05, 4.69) is 0 Å². The highest BCUT2D eigenvalue weighted by atomic mass is 32.2. The van der Waals surface area contributed by atoms with Crippen molar-refractivity contribution in [3.63, 3.8) is 0 Å². The second-order valence-electron chi connectivity index (χ2n) is 2.67. The number of rotatable bonds is 4. The smallest absolute Gasteiger partial charge is 0.304 e. The molecule has 0 aromatic heterocycles. The molecular formula is C6H10O5S.